The number of fused-ring (bicyclic) bond motifs is 3. The van der Waals surface area contributed by atoms with E-state index in [9.17, 15) is 18.0 Å². The van der Waals surface area contributed by atoms with Crippen molar-refractivity contribution < 1.29 is 27.1 Å². The number of amides is 1. The largest absolute Gasteiger partial charge is 0.497 e. The fourth-order valence-electron chi connectivity index (χ4n) is 5.52. The number of nitrogens with zero attached hydrogens (tertiary/aromatic N) is 2. The second-order valence-corrected chi connectivity index (χ2v) is 11.1. The molecule has 2 aromatic carbocycles. The van der Waals surface area contributed by atoms with E-state index in [0.717, 1.165) is 40.4 Å². The molecule has 1 amide bonds. The van der Waals surface area contributed by atoms with E-state index in [1.165, 1.54) is 30.0 Å². The van der Waals surface area contributed by atoms with E-state index in [-0.39, 0.29) is 17.2 Å². The number of H-pyrrole nitrogens is 1. The van der Waals surface area contributed by atoms with Crippen LogP contribution in [0.2, 0.25) is 0 Å². The highest BCUT2D eigenvalue weighted by Gasteiger charge is 2.39. The topological polar surface area (TPSA) is 71.4 Å². The van der Waals surface area contributed by atoms with Crippen molar-refractivity contribution in [2.24, 2.45) is 0 Å². The van der Waals surface area contributed by atoms with Gasteiger partial charge in [0.05, 0.1) is 23.9 Å². The molecule has 3 aromatic heterocycles. The van der Waals surface area contributed by atoms with Gasteiger partial charge in [0.15, 0.2) is 0 Å². The molecule has 1 N–H and O–H groups in total. The van der Waals surface area contributed by atoms with E-state index in [2.05, 4.69) is 16.9 Å². The summed E-state index contributed by atoms with van der Waals surface area (Å²) >= 11 is 1.52. The number of alkyl halides is 3. The maximum Gasteiger partial charge on any atom is 0.417 e. The minimum absolute atomic E-state index is 0.0583. The van der Waals surface area contributed by atoms with Gasteiger partial charge in [-0.1, -0.05) is 25.1 Å². The van der Waals surface area contributed by atoms with E-state index >= 15 is 0 Å². The lowest BCUT2D eigenvalue weighted by molar-refractivity contribution is -0.137. The zero-order valence-corrected chi connectivity index (χ0v) is 23.8. The molecule has 0 aliphatic carbocycles. The van der Waals surface area contributed by atoms with Gasteiger partial charge in [-0.3, -0.25) is 4.79 Å². The summed E-state index contributed by atoms with van der Waals surface area (Å²) in [4.78, 5) is 23.9. The fourth-order valence-corrected chi connectivity index (χ4v) is 6.36. The van der Waals surface area contributed by atoms with E-state index in [1.54, 1.807) is 42.5 Å². The molecule has 1 aliphatic rings. The predicted octanol–water partition coefficient (Wildman–Crippen LogP) is 8.14. The van der Waals surface area contributed by atoms with Crippen molar-refractivity contribution in [1.82, 2.24) is 14.9 Å². The standard InChI is InChI=1S/C32H28F3N3O3S/c1-3-17-42-30-22(8-6-15-36-30)31(39)38-16-14-20-23-18-19(40-2)10-11-25(23)37-28(20)29(38)27-13-12-26(41-27)21-7-4-5-9-24(21)32(33,34)35/h4-13,15,18,29,37H,3,14,16-17H2,1-2H3/t29-/m1/s1. The highest BCUT2D eigenvalue weighted by Crippen LogP contribution is 2.43. The van der Waals surface area contributed by atoms with Gasteiger partial charge in [0.1, 0.15) is 28.3 Å². The molecule has 1 aliphatic heterocycles. The Morgan fingerprint density at radius 1 is 1.14 bits per heavy atom. The Hall–Kier alpha value is -4.18. The normalized spacial score (nSPS) is 15.2. The first-order valence-corrected chi connectivity index (χ1v) is 14.6. The van der Waals surface area contributed by atoms with Crippen LogP contribution in [0.25, 0.3) is 22.2 Å². The SMILES string of the molecule is CCCSc1ncccc1C(=O)N1CCc2c([nH]c3ccc(OC)cc23)[C@H]1c1ccc(-c2ccccc2C(F)(F)F)o1. The number of ether oxygens (including phenoxy) is 1. The van der Waals surface area contributed by atoms with Gasteiger partial charge in [-0.15, -0.1) is 11.8 Å². The van der Waals surface area contributed by atoms with Crippen LogP contribution in [0.5, 0.6) is 5.75 Å². The highest BCUT2D eigenvalue weighted by atomic mass is 32.2. The van der Waals surface area contributed by atoms with E-state index in [1.807, 2.05) is 18.2 Å². The maximum absolute atomic E-state index is 14.2. The van der Waals surface area contributed by atoms with E-state index in [0.29, 0.717) is 35.1 Å². The fraction of sp³-hybridized carbons (Fsp3) is 0.250. The average Bonchev–Trinajstić information content (AvgIpc) is 3.64. The van der Waals surface area contributed by atoms with E-state index in [4.69, 9.17) is 9.15 Å². The lowest BCUT2D eigenvalue weighted by Gasteiger charge is -2.35. The van der Waals surface area contributed by atoms with Crippen molar-refractivity contribution in [2.45, 2.75) is 37.0 Å². The summed E-state index contributed by atoms with van der Waals surface area (Å²) in [6.45, 7) is 2.44. The number of halogens is 3. The molecule has 4 heterocycles. The molecule has 0 saturated heterocycles. The van der Waals surface area contributed by atoms with Gasteiger partial charge in [0, 0.05) is 29.2 Å². The van der Waals surface area contributed by atoms with Crippen molar-refractivity contribution in [3.63, 3.8) is 0 Å². The second kappa shape index (κ2) is 11.2. The van der Waals surface area contributed by atoms with Crippen LogP contribution < -0.4 is 4.74 Å². The molecule has 216 valence electrons. The van der Waals surface area contributed by atoms with Crippen molar-refractivity contribution in [2.75, 3.05) is 19.4 Å². The molecule has 0 unspecified atom stereocenters. The Morgan fingerprint density at radius 2 is 1.98 bits per heavy atom. The Labute approximate surface area is 244 Å². The van der Waals surface area contributed by atoms with Crippen molar-refractivity contribution >= 4 is 28.6 Å². The van der Waals surface area contributed by atoms with Crippen molar-refractivity contribution in [1.29, 1.82) is 0 Å². The molecule has 0 radical (unpaired) electrons. The molecular formula is C32H28F3N3O3S. The first kappa shape index (κ1) is 28.0. The van der Waals surface area contributed by atoms with Crippen LogP contribution in [0.1, 0.15) is 52.3 Å². The van der Waals surface area contributed by atoms with Gasteiger partial charge in [0.25, 0.3) is 5.91 Å². The van der Waals surface area contributed by atoms with Crippen LogP contribution in [0.15, 0.2) is 82.4 Å². The number of hydrogen-bond donors (Lipinski definition) is 1. The first-order chi connectivity index (χ1) is 20.3. The monoisotopic (exact) mass is 591 g/mol. The minimum Gasteiger partial charge on any atom is -0.497 e. The van der Waals surface area contributed by atoms with Gasteiger partial charge in [-0.25, -0.2) is 4.98 Å². The molecule has 0 bridgehead atoms. The minimum atomic E-state index is -4.55. The van der Waals surface area contributed by atoms with Crippen LogP contribution in [0, 0.1) is 0 Å². The summed E-state index contributed by atoms with van der Waals surface area (Å²) in [7, 11) is 1.61. The third-order valence-corrected chi connectivity index (χ3v) is 8.64. The number of carbonyl (C=O) groups excluding carboxylic acids is 1. The number of aromatic amines is 1. The van der Waals surface area contributed by atoms with E-state index < -0.39 is 17.8 Å². The Bertz CT molecular complexity index is 1760. The van der Waals surface area contributed by atoms with Crippen LogP contribution in [0.4, 0.5) is 13.2 Å². The third kappa shape index (κ3) is 5.04. The third-order valence-electron chi connectivity index (χ3n) is 7.43. The summed E-state index contributed by atoms with van der Waals surface area (Å²) in [6.07, 6.45) is -1.38. The number of rotatable bonds is 7. The zero-order chi connectivity index (χ0) is 29.4. The second-order valence-electron chi connectivity index (χ2n) is 10.0. The number of pyridine rings is 1. The van der Waals surface area contributed by atoms with Gasteiger partial charge in [0.2, 0.25) is 0 Å². The molecule has 5 aromatic rings. The zero-order valence-electron chi connectivity index (χ0n) is 23.0. The quantitative estimate of drug-likeness (QED) is 0.194. The lowest BCUT2D eigenvalue weighted by atomic mass is 9.95. The molecule has 0 saturated carbocycles. The summed E-state index contributed by atoms with van der Waals surface area (Å²) in [6, 6.07) is 17.1. The molecule has 42 heavy (non-hydrogen) atoms. The van der Waals surface area contributed by atoms with Crippen LogP contribution >= 0.6 is 11.8 Å². The highest BCUT2D eigenvalue weighted by molar-refractivity contribution is 7.99. The molecular weight excluding hydrogens is 563 g/mol. The Kier molecular flexibility index (Phi) is 7.49. The van der Waals surface area contributed by atoms with Crippen LogP contribution in [-0.4, -0.2) is 40.2 Å². The summed E-state index contributed by atoms with van der Waals surface area (Å²) in [5, 5.41) is 1.62. The summed E-state index contributed by atoms with van der Waals surface area (Å²) < 4.78 is 53.2. The summed E-state index contributed by atoms with van der Waals surface area (Å²) in [5.74, 6) is 1.74. The molecule has 10 heteroatoms. The number of aromatic nitrogens is 2. The van der Waals surface area contributed by atoms with Crippen LogP contribution in [0.3, 0.4) is 0 Å². The number of thioether (sulfide) groups is 1. The van der Waals surface area contributed by atoms with Crippen molar-refractivity contribution in [3.8, 4) is 17.1 Å². The first-order valence-electron chi connectivity index (χ1n) is 13.6. The lowest BCUT2D eigenvalue weighted by Crippen LogP contribution is -2.40. The smallest absolute Gasteiger partial charge is 0.417 e. The molecule has 6 rings (SSSR count). The number of hydrogen-bond acceptors (Lipinski definition) is 5. The van der Waals surface area contributed by atoms with Gasteiger partial charge < -0.3 is 19.0 Å². The van der Waals surface area contributed by atoms with Crippen LogP contribution in [-0.2, 0) is 12.6 Å². The summed E-state index contributed by atoms with van der Waals surface area (Å²) in [5.41, 5.74) is 2.28. The van der Waals surface area contributed by atoms with Gasteiger partial charge in [-0.05, 0) is 72.7 Å². The van der Waals surface area contributed by atoms with Gasteiger partial charge >= 0.3 is 6.18 Å². The number of methoxy groups -OCH3 is 1. The van der Waals surface area contributed by atoms with Crippen molar-refractivity contribution in [3.05, 3.63) is 101 Å². The average molecular weight is 592 g/mol. The Morgan fingerprint density at radius 3 is 2.76 bits per heavy atom. The number of nitrogens with one attached hydrogen (secondary N) is 1. The molecule has 0 spiro atoms. The number of carbonyl (C=O) groups is 1. The Balaban J connectivity index is 1.48. The maximum atomic E-state index is 14.2. The predicted molar refractivity (Wildman–Crippen MR) is 156 cm³/mol. The number of benzene rings is 2. The van der Waals surface area contributed by atoms with Gasteiger partial charge in [-0.2, -0.15) is 13.2 Å². The number of furan rings is 1. The molecule has 6 nitrogen and oxygen atoms in total. The molecule has 1 atom stereocenters. The molecule has 0 fully saturated rings.